The van der Waals surface area contributed by atoms with Crippen molar-refractivity contribution in [2.75, 3.05) is 6.61 Å². The van der Waals surface area contributed by atoms with E-state index >= 15 is 0 Å². The Morgan fingerprint density at radius 2 is 1.78 bits per heavy atom. The van der Waals surface area contributed by atoms with E-state index in [1.807, 2.05) is 13.0 Å². The lowest BCUT2D eigenvalue weighted by atomic mass is 9.78. The summed E-state index contributed by atoms with van der Waals surface area (Å²) in [5.41, 5.74) is -1.11. The fraction of sp³-hybridized carbons (Fsp3) is 0.412. The van der Waals surface area contributed by atoms with Crippen LogP contribution in [0.3, 0.4) is 0 Å². The molecule has 1 rings (SSSR count). The third-order valence-electron chi connectivity index (χ3n) is 3.23. The monoisotopic (exact) mass is 317 g/mol. The van der Waals surface area contributed by atoms with E-state index in [9.17, 15) is 19.6 Å². The van der Waals surface area contributed by atoms with Crippen molar-refractivity contribution in [1.82, 2.24) is 0 Å². The summed E-state index contributed by atoms with van der Waals surface area (Å²) in [4.78, 5) is 35.4. The molecule has 0 spiro atoms. The number of esters is 3. The topological polar surface area (TPSA) is 93.5 Å². The highest BCUT2D eigenvalue weighted by Gasteiger charge is 2.42. The molecule has 0 amide bonds. The van der Waals surface area contributed by atoms with Gasteiger partial charge in [0, 0.05) is 0 Å². The first kappa shape index (κ1) is 18.4. The summed E-state index contributed by atoms with van der Waals surface area (Å²) in [5, 5.41) is 9.56. The molecular formula is C17H19NO5. The third-order valence-corrected chi connectivity index (χ3v) is 3.23. The Balaban J connectivity index is 2.96. The Kier molecular flexibility index (Phi) is 6.94. The van der Waals surface area contributed by atoms with Gasteiger partial charge in [0.1, 0.15) is 6.42 Å². The number of rotatable bonds is 7. The minimum absolute atomic E-state index is 0.127. The van der Waals surface area contributed by atoms with Crippen LogP contribution in [0.5, 0.6) is 0 Å². The van der Waals surface area contributed by atoms with Gasteiger partial charge in [-0.1, -0.05) is 43.7 Å². The number of nitriles is 1. The molecule has 0 bridgehead atoms. The summed E-state index contributed by atoms with van der Waals surface area (Å²) in [5.74, 6) is -2.77. The highest BCUT2D eigenvalue weighted by molar-refractivity contribution is 5.99. The van der Waals surface area contributed by atoms with Gasteiger partial charge in [0.2, 0.25) is 0 Å². The molecule has 1 aromatic carbocycles. The van der Waals surface area contributed by atoms with E-state index < -0.39 is 29.7 Å². The van der Waals surface area contributed by atoms with Gasteiger partial charge >= 0.3 is 17.9 Å². The largest absolute Gasteiger partial charge is 0.466 e. The number of nitrogens with zero attached hydrogens (tertiary/aromatic N) is 1. The predicted molar refractivity (Wildman–Crippen MR) is 81.0 cm³/mol. The van der Waals surface area contributed by atoms with Crippen LogP contribution < -0.4 is 0 Å². The van der Waals surface area contributed by atoms with Gasteiger partial charge in [0.15, 0.2) is 5.41 Å². The Hall–Kier alpha value is -2.68. The molecule has 1 unspecified atom stereocenters. The first-order chi connectivity index (χ1) is 11.0. The second-order valence-corrected chi connectivity index (χ2v) is 4.88. The zero-order valence-electron chi connectivity index (χ0n) is 13.2. The van der Waals surface area contributed by atoms with Crippen molar-refractivity contribution in [1.29, 1.82) is 5.26 Å². The normalized spacial score (nSPS) is 12.6. The molecule has 1 atom stereocenters. The van der Waals surface area contributed by atoms with Gasteiger partial charge in [-0.3, -0.25) is 9.59 Å². The van der Waals surface area contributed by atoms with E-state index in [4.69, 9.17) is 4.74 Å². The molecule has 23 heavy (non-hydrogen) atoms. The van der Waals surface area contributed by atoms with Crippen molar-refractivity contribution in [3.63, 3.8) is 0 Å². The molecule has 6 heteroatoms. The van der Waals surface area contributed by atoms with Crippen LogP contribution in [0.1, 0.15) is 38.7 Å². The van der Waals surface area contributed by atoms with Crippen molar-refractivity contribution in [3.05, 3.63) is 35.9 Å². The lowest BCUT2D eigenvalue weighted by molar-refractivity contribution is -0.165. The van der Waals surface area contributed by atoms with Gasteiger partial charge in [-0.15, -0.1) is 0 Å². The van der Waals surface area contributed by atoms with Gasteiger partial charge in [-0.05, 0) is 18.9 Å². The third kappa shape index (κ3) is 4.65. The minimum Gasteiger partial charge on any atom is -0.466 e. The summed E-state index contributed by atoms with van der Waals surface area (Å²) in [6, 6.07) is 10.4. The molecule has 0 fully saturated rings. The summed E-state index contributed by atoms with van der Waals surface area (Å²) in [6.45, 7) is 3.55. The number of benzene rings is 1. The molecule has 0 saturated carbocycles. The van der Waals surface area contributed by atoms with Gasteiger partial charge < -0.3 is 9.47 Å². The van der Waals surface area contributed by atoms with Crippen molar-refractivity contribution in [2.24, 2.45) is 0 Å². The highest BCUT2D eigenvalue weighted by Crippen LogP contribution is 2.30. The molecule has 0 aliphatic heterocycles. The molecule has 0 aliphatic carbocycles. The second kappa shape index (κ2) is 8.69. The van der Waals surface area contributed by atoms with Gasteiger partial charge in [-0.25, -0.2) is 4.79 Å². The van der Waals surface area contributed by atoms with E-state index in [0.717, 1.165) is 0 Å². The predicted octanol–water partition coefficient (Wildman–Crippen LogP) is 2.27. The number of hydrogen-bond donors (Lipinski definition) is 0. The summed E-state index contributed by atoms with van der Waals surface area (Å²) >= 11 is 0. The Bertz CT molecular complexity index is 605. The number of ether oxygens (including phenoxy) is 2. The molecule has 0 heterocycles. The smallest absolute Gasteiger partial charge is 0.338 e. The van der Waals surface area contributed by atoms with Crippen molar-refractivity contribution in [3.8, 4) is 6.07 Å². The van der Waals surface area contributed by atoms with Crippen LogP contribution in [-0.2, 0) is 29.3 Å². The molecule has 122 valence electrons. The Morgan fingerprint density at radius 3 is 2.30 bits per heavy atom. The summed E-state index contributed by atoms with van der Waals surface area (Å²) in [7, 11) is 0. The molecule has 1 aromatic rings. The summed E-state index contributed by atoms with van der Waals surface area (Å²) < 4.78 is 9.35. The zero-order chi connectivity index (χ0) is 17.3. The van der Waals surface area contributed by atoms with Gasteiger partial charge in [0.05, 0.1) is 12.7 Å². The molecule has 0 radical (unpaired) electrons. The maximum atomic E-state index is 12.4. The van der Waals surface area contributed by atoms with Crippen molar-refractivity contribution in [2.45, 2.75) is 38.5 Å². The fourth-order valence-corrected chi connectivity index (χ4v) is 2.18. The summed E-state index contributed by atoms with van der Waals surface area (Å²) in [6.07, 6.45) is 0.0880. The molecule has 0 saturated heterocycles. The molecule has 0 N–H and O–H groups in total. The van der Waals surface area contributed by atoms with Crippen LogP contribution in [0, 0.1) is 11.3 Å². The van der Waals surface area contributed by atoms with Crippen LogP contribution in [0.25, 0.3) is 0 Å². The molecule has 0 aromatic heterocycles. The number of hydrogen-bond acceptors (Lipinski definition) is 6. The Morgan fingerprint density at radius 1 is 1.13 bits per heavy atom. The van der Waals surface area contributed by atoms with Crippen LogP contribution in [-0.4, -0.2) is 24.5 Å². The maximum Gasteiger partial charge on any atom is 0.338 e. The van der Waals surface area contributed by atoms with Crippen LogP contribution in [0.2, 0.25) is 0 Å². The SMILES string of the molecule is CCCC(C#N)(C(=O)OC(=O)CC(=O)OCC)c1ccccc1. The molecular weight excluding hydrogens is 298 g/mol. The Labute approximate surface area is 135 Å². The van der Waals surface area contributed by atoms with Crippen LogP contribution in [0.15, 0.2) is 30.3 Å². The first-order valence-electron chi connectivity index (χ1n) is 7.37. The minimum atomic E-state index is -1.57. The van der Waals surface area contributed by atoms with E-state index in [1.165, 1.54) is 0 Å². The van der Waals surface area contributed by atoms with Crippen LogP contribution in [0.4, 0.5) is 0 Å². The maximum absolute atomic E-state index is 12.4. The van der Waals surface area contributed by atoms with Gasteiger partial charge in [0.25, 0.3) is 0 Å². The van der Waals surface area contributed by atoms with E-state index in [0.29, 0.717) is 12.0 Å². The number of carbonyl (C=O) groups is 3. The van der Waals surface area contributed by atoms with E-state index in [-0.39, 0.29) is 13.0 Å². The lowest BCUT2D eigenvalue weighted by Gasteiger charge is -2.23. The van der Waals surface area contributed by atoms with Crippen LogP contribution >= 0.6 is 0 Å². The highest BCUT2D eigenvalue weighted by atomic mass is 16.6. The fourth-order valence-electron chi connectivity index (χ4n) is 2.18. The molecule has 6 nitrogen and oxygen atoms in total. The van der Waals surface area contributed by atoms with E-state index in [2.05, 4.69) is 4.74 Å². The average Bonchev–Trinajstić information content (AvgIpc) is 2.53. The average molecular weight is 317 g/mol. The van der Waals surface area contributed by atoms with Crippen molar-refractivity contribution < 1.29 is 23.9 Å². The van der Waals surface area contributed by atoms with Crippen molar-refractivity contribution >= 4 is 17.9 Å². The first-order valence-corrected chi connectivity index (χ1v) is 7.37. The lowest BCUT2D eigenvalue weighted by Crippen LogP contribution is -2.37. The molecule has 0 aliphatic rings. The standard InChI is InChI=1S/C17H19NO5/c1-3-10-17(12-18,13-8-6-5-7-9-13)16(21)23-15(20)11-14(19)22-4-2/h5-9H,3-4,10-11H2,1-2H3. The zero-order valence-corrected chi connectivity index (χ0v) is 13.2. The van der Waals surface area contributed by atoms with Gasteiger partial charge in [-0.2, -0.15) is 5.26 Å². The quantitative estimate of drug-likeness (QED) is 0.565. The second-order valence-electron chi connectivity index (χ2n) is 4.88. The van der Waals surface area contributed by atoms with E-state index in [1.54, 1.807) is 37.3 Å². The number of carbonyl (C=O) groups excluding carboxylic acids is 3.